The van der Waals surface area contributed by atoms with E-state index in [-0.39, 0.29) is 11.9 Å². The minimum Gasteiger partial charge on any atom is -0.347 e. The molecule has 2 N–H and O–H groups in total. The van der Waals surface area contributed by atoms with Gasteiger partial charge in [-0.1, -0.05) is 42.5 Å². The first kappa shape index (κ1) is 21.8. The van der Waals surface area contributed by atoms with Crippen LogP contribution in [0.2, 0.25) is 0 Å². The summed E-state index contributed by atoms with van der Waals surface area (Å²) in [6, 6.07) is 15.7. The molecule has 4 rings (SSSR count). The van der Waals surface area contributed by atoms with Crippen molar-refractivity contribution < 1.29 is 13.2 Å². The number of carbonyl (C=O) groups excluding carboxylic acids is 1. The van der Waals surface area contributed by atoms with Gasteiger partial charge in [-0.15, -0.1) is 0 Å². The molecule has 1 heterocycles. The van der Waals surface area contributed by atoms with Gasteiger partial charge in [0.2, 0.25) is 15.9 Å². The SMILES string of the molecule is Cc1ccc(C2(C(=O)N[C@H](CN3CCCC3)c3ccccc3)CC2)cc1NS(C)(=O)=O. The number of hydrogen-bond acceptors (Lipinski definition) is 4. The number of nitrogens with zero attached hydrogens (tertiary/aromatic N) is 1. The molecule has 2 aromatic carbocycles. The summed E-state index contributed by atoms with van der Waals surface area (Å²) in [6.07, 6.45) is 5.09. The maximum absolute atomic E-state index is 13.5. The van der Waals surface area contributed by atoms with E-state index in [2.05, 4.69) is 27.1 Å². The standard InChI is InChI=1S/C24H31N3O3S/c1-18-10-11-20(16-21(18)26-31(2,29)30)24(12-13-24)23(28)25-22(17-27-14-6-7-15-27)19-8-4-3-5-9-19/h3-5,8-11,16,22,26H,6-7,12-15,17H2,1-2H3,(H,25,28)/t22-/m1/s1. The summed E-state index contributed by atoms with van der Waals surface area (Å²) in [7, 11) is -3.39. The van der Waals surface area contributed by atoms with Crippen molar-refractivity contribution >= 4 is 21.6 Å². The highest BCUT2D eigenvalue weighted by Crippen LogP contribution is 2.49. The Morgan fingerprint density at radius 2 is 1.77 bits per heavy atom. The molecular weight excluding hydrogens is 410 g/mol. The van der Waals surface area contributed by atoms with Crippen molar-refractivity contribution in [3.8, 4) is 0 Å². The third-order valence-electron chi connectivity index (χ3n) is 6.42. The molecule has 166 valence electrons. The van der Waals surface area contributed by atoms with Crippen molar-refractivity contribution in [2.24, 2.45) is 0 Å². The van der Waals surface area contributed by atoms with E-state index in [1.807, 2.05) is 43.3 Å². The van der Waals surface area contributed by atoms with Gasteiger partial charge in [-0.05, 0) is 68.5 Å². The Balaban J connectivity index is 1.56. The third kappa shape index (κ3) is 5.10. The number of rotatable bonds is 8. The maximum Gasteiger partial charge on any atom is 0.231 e. The smallest absolute Gasteiger partial charge is 0.231 e. The fraction of sp³-hybridized carbons (Fsp3) is 0.458. The second kappa shape index (κ2) is 8.63. The van der Waals surface area contributed by atoms with Crippen LogP contribution < -0.4 is 10.0 Å². The molecule has 0 unspecified atom stereocenters. The van der Waals surface area contributed by atoms with E-state index in [1.165, 1.54) is 12.8 Å². The Hall–Kier alpha value is -2.38. The highest BCUT2D eigenvalue weighted by Gasteiger charge is 2.52. The number of anilines is 1. The van der Waals surface area contributed by atoms with Crippen LogP contribution in [0.4, 0.5) is 5.69 Å². The van der Waals surface area contributed by atoms with Gasteiger partial charge in [0.1, 0.15) is 0 Å². The van der Waals surface area contributed by atoms with Gasteiger partial charge in [0.25, 0.3) is 0 Å². The predicted molar refractivity (Wildman–Crippen MR) is 124 cm³/mol. The molecule has 0 bridgehead atoms. The average molecular weight is 442 g/mol. The number of likely N-dealkylation sites (tertiary alicyclic amines) is 1. The van der Waals surface area contributed by atoms with Crippen LogP contribution in [0.25, 0.3) is 0 Å². The summed E-state index contributed by atoms with van der Waals surface area (Å²) in [5.74, 6) is 0.0229. The second-order valence-corrected chi connectivity index (χ2v) is 10.7. The van der Waals surface area contributed by atoms with Crippen LogP contribution in [-0.4, -0.2) is 45.1 Å². The number of hydrogen-bond donors (Lipinski definition) is 2. The average Bonchev–Trinajstić information content (AvgIpc) is 3.39. The summed E-state index contributed by atoms with van der Waals surface area (Å²) >= 11 is 0. The zero-order valence-corrected chi connectivity index (χ0v) is 19.0. The highest BCUT2D eigenvalue weighted by atomic mass is 32.2. The largest absolute Gasteiger partial charge is 0.347 e. The fourth-order valence-corrected chi connectivity index (χ4v) is 5.06. The van der Waals surface area contributed by atoms with Gasteiger partial charge >= 0.3 is 0 Å². The molecular formula is C24H31N3O3S. The van der Waals surface area contributed by atoms with Crippen LogP contribution in [0.3, 0.4) is 0 Å². The lowest BCUT2D eigenvalue weighted by molar-refractivity contribution is -0.124. The summed E-state index contributed by atoms with van der Waals surface area (Å²) < 4.78 is 26.0. The van der Waals surface area contributed by atoms with Gasteiger partial charge in [0.15, 0.2) is 0 Å². The van der Waals surface area contributed by atoms with Crippen LogP contribution in [-0.2, 0) is 20.2 Å². The number of nitrogens with one attached hydrogen (secondary N) is 2. The number of carbonyl (C=O) groups is 1. The van der Waals surface area contributed by atoms with E-state index in [0.29, 0.717) is 5.69 Å². The zero-order chi connectivity index (χ0) is 22.1. The minimum atomic E-state index is -3.39. The molecule has 1 saturated heterocycles. The normalized spacial score (nSPS) is 19.0. The van der Waals surface area contributed by atoms with E-state index in [4.69, 9.17) is 0 Å². The lowest BCUT2D eigenvalue weighted by Crippen LogP contribution is -2.41. The molecule has 2 aromatic rings. The van der Waals surface area contributed by atoms with Crippen molar-refractivity contribution in [1.29, 1.82) is 0 Å². The third-order valence-corrected chi connectivity index (χ3v) is 7.01. The Labute approximate surface area is 185 Å². The van der Waals surface area contributed by atoms with E-state index < -0.39 is 15.4 Å². The summed E-state index contributed by atoms with van der Waals surface area (Å²) in [6.45, 7) is 4.81. The number of benzene rings is 2. The minimum absolute atomic E-state index is 0.0229. The van der Waals surface area contributed by atoms with Crippen molar-refractivity contribution in [2.45, 2.75) is 44.1 Å². The molecule has 0 spiro atoms. The molecule has 1 amide bonds. The van der Waals surface area contributed by atoms with Crippen LogP contribution >= 0.6 is 0 Å². The molecule has 7 heteroatoms. The van der Waals surface area contributed by atoms with Gasteiger partial charge in [-0.25, -0.2) is 8.42 Å². The monoisotopic (exact) mass is 441 g/mol. The van der Waals surface area contributed by atoms with Gasteiger partial charge in [-0.2, -0.15) is 0 Å². The molecule has 1 atom stereocenters. The van der Waals surface area contributed by atoms with Crippen LogP contribution in [0.15, 0.2) is 48.5 Å². The van der Waals surface area contributed by atoms with Gasteiger partial charge in [0, 0.05) is 6.54 Å². The van der Waals surface area contributed by atoms with E-state index in [0.717, 1.165) is 55.4 Å². The van der Waals surface area contributed by atoms with Crippen molar-refractivity contribution in [2.75, 3.05) is 30.6 Å². The summed E-state index contributed by atoms with van der Waals surface area (Å²) in [5.41, 5.74) is 2.77. The van der Waals surface area contributed by atoms with Crippen LogP contribution in [0, 0.1) is 6.92 Å². The molecule has 31 heavy (non-hydrogen) atoms. The Morgan fingerprint density at radius 1 is 1.10 bits per heavy atom. The topological polar surface area (TPSA) is 78.5 Å². The molecule has 6 nitrogen and oxygen atoms in total. The zero-order valence-electron chi connectivity index (χ0n) is 18.2. The number of aryl methyl sites for hydroxylation is 1. The molecule has 2 aliphatic rings. The second-order valence-electron chi connectivity index (χ2n) is 8.93. The van der Waals surface area contributed by atoms with E-state index in [9.17, 15) is 13.2 Å². The molecule has 1 saturated carbocycles. The first-order valence-electron chi connectivity index (χ1n) is 10.9. The fourth-order valence-electron chi connectivity index (χ4n) is 4.44. The number of sulfonamides is 1. The highest BCUT2D eigenvalue weighted by molar-refractivity contribution is 7.92. The first-order valence-corrected chi connectivity index (χ1v) is 12.8. The Kier molecular flexibility index (Phi) is 6.08. The Morgan fingerprint density at radius 3 is 2.39 bits per heavy atom. The van der Waals surface area contributed by atoms with E-state index in [1.54, 1.807) is 0 Å². The molecule has 0 aromatic heterocycles. The van der Waals surface area contributed by atoms with Crippen LogP contribution in [0.5, 0.6) is 0 Å². The Bertz CT molecular complexity index is 1040. The number of amides is 1. The lowest BCUT2D eigenvalue weighted by Gasteiger charge is -2.27. The van der Waals surface area contributed by atoms with Crippen LogP contribution in [0.1, 0.15) is 48.4 Å². The van der Waals surface area contributed by atoms with Gasteiger partial charge in [0.05, 0.1) is 23.4 Å². The van der Waals surface area contributed by atoms with Crippen molar-refractivity contribution in [3.05, 3.63) is 65.2 Å². The summed E-state index contributed by atoms with van der Waals surface area (Å²) in [5, 5.41) is 3.32. The van der Waals surface area contributed by atoms with Crippen molar-refractivity contribution in [3.63, 3.8) is 0 Å². The predicted octanol–water partition coefficient (Wildman–Crippen LogP) is 3.35. The molecule has 1 aliphatic carbocycles. The van der Waals surface area contributed by atoms with Gasteiger partial charge in [-0.3, -0.25) is 9.52 Å². The first-order chi connectivity index (χ1) is 14.8. The van der Waals surface area contributed by atoms with E-state index >= 15 is 0 Å². The van der Waals surface area contributed by atoms with Crippen molar-refractivity contribution in [1.82, 2.24) is 10.2 Å². The summed E-state index contributed by atoms with van der Waals surface area (Å²) in [4.78, 5) is 15.9. The molecule has 0 radical (unpaired) electrons. The molecule has 1 aliphatic heterocycles. The lowest BCUT2D eigenvalue weighted by atomic mass is 9.92. The van der Waals surface area contributed by atoms with Gasteiger partial charge < -0.3 is 10.2 Å². The maximum atomic E-state index is 13.5. The quantitative estimate of drug-likeness (QED) is 0.659. The molecule has 2 fully saturated rings.